The molecule has 0 radical (unpaired) electrons. The normalized spacial score (nSPS) is 17.5. The Hall–Kier alpha value is -4.75. The molecule has 0 unspecified atom stereocenters. The molecule has 2 aliphatic rings. The van der Waals surface area contributed by atoms with Gasteiger partial charge in [0.15, 0.2) is 0 Å². The lowest BCUT2D eigenvalue weighted by Gasteiger charge is -2.29. The van der Waals surface area contributed by atoms with Gasteiger partial charge in [-0.05, 0) is 49.1 Å². The molecule has 4 rings (SSSR count). The van der Waals surface area contributed by atoms with Gasteiger partial charge in [-0.1, -0.05) is 80.6 Å². The number of primary amides is 1. The second kappa shape index (κ2) is 21.5. The molecule has 278 valence electrons. The van der Waals surface area contributed by atoms with Gasteiger partial charge >= 0.3 is 12.0 Å². The molecule has 4 atom stereocenters. The third kappa shape index (κ3) is 14.2. The lowest BCUT2D eigenvalue weighted by Crippen LogP contribution is -2.55. The first-order valence-corrected chi connectivity index (χ1v) is 17.6. The minimum atomic E-state index is -0.779. The minimum Gasteiger partial charge on any atom is -0.467 e. The van der Waals surface area contributed by atoms with E-state index in [1.54, 1.807) is 15.9 Å². The lowest BCUT2D eigenvalue weighted by atomic mass is 10.0. The molecule has 13 heteroatoms. The summed E-state index contributed by atoms with van der Waals surface area (Å²) in [5.74, 6) is -1.01. The molecule has 2 saturated heterocycles. The maximum absolute atomic E-state index is 13.3. The van der Waals surface area contributed by atoms with Crippen molar-refractivity contribution in [3.05, 3.63) is 83.9 Å². The van der Waals surface area contributed by atoms with Gasteiger partial charge in [0.2, 0.25) is 17.7 Å². The SMILES string of the molecule is COC(=O)[C@@H]1CCCN1C(=O)[C@@H](N)CC(C)C.NC(=O)/C=C/[C@H](CCc1ccccc1)NC(=O)[C@H](Cc1ccccc1)NC(=O)N1CCOCC1. The van der Waals surface area contributed by atoms with Crippen molar-refractivity contribution in [1.29, 1.82) is 0 Å². The summed E-state index contributed by atoms with van der Waals surface area (Å²) in [6.45, 7) is 6.55. The van der Waals surface area contributed by atoms with Crippen LogP contribution < -0.4 is 22.1 Å². The maximum atomic E-state index is 13.3. The van der Waals surface area contributed by atoms with Crippen molar-refractivity contribution in [3.63, 3.8) is 0 Å². The highest BCUT2D eigenvalue weighted by molar-refractivity contribution is 5.89. The molecule has 0 aliphatic carbocycles. The number of aryl methyl sites for hydroxylation is 1. The Morgan fingerprint density at radius 1 is 0.941 bits per heavy atom. The Morgan fingerprint density at radius 2 is 1.57 bits per heavy atom. The topological polar surface area (TPSA) is 186 Å². The molecule has 0 aromatic heterocycles. The molecular weight excluding hydrogens is 652 g/mol. The van der Waals surface area contributed by atoms with Crippen molar-refractivity contribution in [3.8, 4) is 0 Å². The molecule has 2 aliphatic heterocycles. The summed E-state index contributed by atoms with van der Waals surface area (Å²) >= 11 is 0. The fourth-order valence-electron chi connectivity index (χ4n) is 5.98. The quantitative estimate of drug-likeness (QED) is 0.170. The largest absolute Gasteiger partial charge is 0.467 e. The summed E-state index contributed by atoms with van der Waals surface area (Å²) in [5, 5.41) is 5.86. The van der Waals surface area contributed by atoms with Crippen molar-refractivity contribution < 1.29 is 33.4 Å². The minimum absolute atomic E-state index is 0.133. The average molecular weight is 707 g/mol. The van der Waals surface area contributed by atoms with E-state index in [0.29, 0.717) is 70.9 Å². The molecule has 2 fully saturated rings. The van der Waals surface area contributed by atoms with Crippen LogP contribution in [0.3, 0.4) is 0 Å². The van der Waals surface area contributed by atoms with Gasteiger partial charge in [0.1, 0.15) is 12.1 Å². The van der Waals surface area contributed by atoms with E-state index >= 15 is 0 Å². The number of nitrogens with two attached hydrogens (primary N) is 2. The number of likely N-dealkylation sites (tertiary alicyclic amines) is 1. The van der Waals surface area contributed by atoms with Crippen LogP contribution >= 0.6 is 0 Å². The van der Waals surface area contributed by atoms with E-state index in [2.05, 4.69) is 10.6 Å². The molecular formula is C38H54N6O7. The Morgan fingerprint density at radius 3 is 2.16 bits per heavy atom. The average Bonchev–Trinajstić information content (AvgIpc) is 3.63. The zero-order valence-electron chi connectivity index (χ0n) is 30.0. The third-order valence-electron chi connectivity index (χ3n) is 8.65. The highest BCUT2D eigenvalue weighted by Gasteiger charge is 2.36. The van der Waals surface area contributed by atoms with Crippen LogP contribution in [0, 0.1) is 5.92 Å². The number of esters is 1. The lowest BCUT2D eigenvalue weighted by molar-refractivity contribution is -0.151. The highest BCUT2D eigenvalue weighted by atomic mass is 16.5. The number of amides is 5. The van der Waals surface area contributed by atoms with Crippen LogP contribution in [0.2, 0.25) is 0 Å². The second-order valence-corrected chi connectivity index (χ2v) is 13.1. The van der Waals surface area contributed by atoms with Crippen LogP contribution in [0.15, 0.2) is 72.8 Å². The number of rotatable bonds is 14. The smallest absolute Gasteiger partial charge is 0.328 e. The number of carbonyl (C=O) groups excluding carboxylic acids is 5. The molecule has 0 bridgehead atoms. The van der Waals surface area contributed by atoms with Gasteiger partial charge in [-0.3, -0.25) is 14.4 Å². The maximum Gasteiger partial charge on any atom is 0.328 e. The number of morpholine rings is 1. The molecule has 2 aromatic rings. The van der Waals surface area contributed by atoms with Crippen LogP contribution in [-0.2, 0) is 41.5 Å². The van der Waals surface area contributed by atoms with Crippen molar-refractivity contribution in [1.82, 2.24) is 20.4 Å². The van der Waals surface area contributed by atoms with Crippen molar-refractivity contribution in [2.75, 3.05) is 40.0 Å². The van der Waals surface area contributed by atoms with E-state index in [1.807, 2.05) is 74.5 Å². The zero-order chi connectivity index (χ0) is 37.2. The summed E-state index contributed by atoms with van der Waals surface area (Å²) in [6, 6.07) is 17.0. The van der Waals surface area contributed by atoms with E-state index in [0.717, 1.165) is 17.5 Å². The third-order valence-corrected chi connectivity index (χ3v) is 8.65. The number of methoxy groups -OCH3 is 1. The number of nitrogens with zero attached hydrogens (tertiary/aromatic N) is 2. The standard InChI is InChI=1S/C26H32N4O4.C12H22N2O3/c27-24(31)14-13-22(12-11-20-7-3-1-4-8-20)28-25(32)23(19-21-9-5-2-6-10-21)29-26(33)30-15-17-34-18-16-30;1-8(2)7-9(13)11(15)14-6-4-5-10(14)12(16)17-3/h1-10,13-14,22-23H,11-12,15-19H2,(H2,27,31)(H,28,32)(H,29,33);8-10H,4-7,13H2,1-3H3/b14-13+;/t22-,23-;9-,10-/m00/s1. The van der Waals surface area contributed by atoms with Gasteiger partial charge < -0.3 is 41.4 Å². The summed E-state index contributed by atoms with van der Waals surface area (Å²) in [5.41, 5.74) is 13.2. The predicted molar refractivity (Wildman–Crippen MR) is 194 cm³/mol. The number of urea groups is 1. The summed E-state index contributed by atoms with van der Waals surface area (Å²) in [6.07, 6.45) is 6.64. The first kappa shape index (κ1) is 40.7. The number of hydrogen-bond acceptors (Lipinski definition) is 8. The van der Waals surface area contributed by atoms with Crippen molar-refractivity contribution >= 4 is 29.7 Å². The Labute approximate surface area is 301 Å². The fraction of sp³-hybridized carbons (Fsp3) is 0.500. The molecule has 5 amide bonds. The van der Waals surface area contributed by atoms with E-state index in [4.69, 9.17) is 20.9 Å². The van der Waals surface area contributed by atoms with Crippen LogP contribution in [0.25, 0.3) is 0 Å². The Bertz CT molecular complexity index is 1430. The van der Waals surface area contributed by atoms with Gasteiger partial charge in [0, 0.05) is 38.2 Å². The molecule has 2 heterocycles. The summed E-state index contributed by atoms with van der Waals surface area (Å²) in [4.78, 5) is 64.3. The monoisotopic (exact) mass is 706 g/mol. The molecule has 6 N–H and O–H groups in total. The molecule has 2 aromatic carbocycles. The van der Waals surface area contributed by atoms with Crippen LogP contribution in [-0.4, -0.2) is 104 Å². The number of benzene rings is 2. The second-order valence-electron chi connectivity index (χ2n) is 13.1. The molecule has 0 spiro atoms. The number of nitrogens with one attached hydrogen (secondary N) is 2. The summed E-state index contributed by atoms with van der Waals surface area (Å²) in [7, 11) is 1.34. The molecule has 51 heavy (non-hydrogen) atoms. The van der Waals surface area contributed by atoms with E-state index in [-0.39, 0.29) is 23.8 Å². The first-order valence-electron chi connectivity index (χ1n) is 17.6. The summed E-state index contributed by atoms with van der Waals surface area (Å²) < 4.78 is 10.0. The number of hydrogen-bond donors (Lipinski definition) is 4. The number of ether oxygens (including phenoxy) is 2. The van der Waals surface area contributed by atoms with Crippen LogP contribution in [0.1, 0.15) is 50.7 Å². The zero-order valence-corrected chi connectivity index (χ0v) is 30.0. The van der Waals surface area contributed by atoms with Crippen LogP contribution in [0.5, 0.6) is 0 Å². The highest BCUT2D eigenvalue weighted by Crippen LogP contribution is 2.20. The molecule has 13 nitrogen and oxygen atoms in total. The van der Waals surface area contributed by atoms with Gasteiger partial charge in [0.25, 0.3) is 0 Å². The van der Waals surface area contributed by atoms with Gasteiger partial charge in [-0.25, -0.2) is 9.59 Å². The fourth-order valence-corrected chi connectivity index (χ4v) is 5.98. The Kier molecular flexibility index (Phi) is 17.1. The molecule has 0 saturated carbocycles. The van der Waals surface area contributed by atoms with Gasteiger partial charge in [-0.15, -0.1) is 0 Å². The predicted octanol–water partition coefficient (Wildman–Crippen LogP) is 2.32. The Balaban J connectivity index is 0.000000347. The van der Waals surface area contributed by atoms with Gasteiger partial charge in [0.05, 0.1) is 26.4 Å². The number of carbonyl (C=O) groups is 5. The van der Waals surface area contributed by atoms with Gasteiger partial charge in [-0.2, -0.15) is 0 Å². The van der Waals surface area contributed by atoms with Crippen molar-refractivity contribution in [2.24, 2.45) is 17.4 Å². The van der Waals surface area contributed by atoms with E-state index < -0.39 is 30.1 Å². The van der Waals surface area contributed by atoms with E-state index in [1.165, 1.54) is 13.2 Å². The first-order chi connectivity index (χ1) is 24.5. The van der Waals surface area contributed by atoms with Crippen LogP contribution in [0.4, 0.5) is 4.79 Å². The van der Waals surface area contributed by atoms with Crippen molar-refractivity contribution in [2.45, 2.75) is 76.5 Å². The van der Waals surface area contributed by atoms with E-state index in [9.17, 15) is 24.0 Å².